The minimum atomic E-state index is -2.11. The van der Waals surface area contributed by atoms with Gasteiger partial charge in [-0.3, -0.25) is 9.59 Å². The average Bonchev–Trinajstić information content (AvgIpc) is 3.33. The van der Waals surface area contributed by atoms with E-state index in [9.17, 15) is 29.9 Å². The Morgan fingerprint density at radius 1 is 1.09 bits per heavy atom. The van der Waals surface area contributed by atoms with Crippen LogP contribution in [0.4, 0.5) is 4.39 Å². The standard InChI is InChI=1S/C36H33FN2O7S/c1-33-13-11-24(40)17-23(33)6-10-28-27-12-14-35(32(44)47-16-15-38,34(27,2)19-30(42)36(28,33)37)46-31(43)21-3-7-25(8-4-21)45-26-9-5-22(20-39)29(41)18-26/h3-5,7-9,11,13,17-18,27-28,30,41-42H,6,10,12,14,16,19H2,1-2H3/t27?,28?,30-,33-,34-,35-,36?/m0/s1. The molecule has 0 aliphatic heterocycles. The number of nitrogens with zero attached hydrogens (tertiary/aromatic N) is 2. The number of fused-ring (bicyclic) bond motifs is 5. The topological polar surface area (TPSA) is 158 Å². The van der Waals surface area contributed by atoms with Gasteiger partial charge in [0.15, 0.2) is 17.1 Å². The van der Waals surface area contributed by atoms with Gasteiger partial charge in [-0.25, -0.2) is 9.18 Å². The van der Waals surface area contributed by atoms with Gasteiger partial charge in [0.05, 0.1) is 29.1 Å². The highest BCUT2D eigenvalue weighted by Gasteiger charge is 2.75. The summed E-state index contributed by atoms with van der Waals surface area (Å²) in [5.41, 5.74) is -5.32. The fourth-order valence-corrected chi connectivity index (χ4v) is 9.45. The fraction of sp³-hybridized carbons (Fsp3) is 0.417. The fourth-order valence-electron chi connectivity index (χ4n) is 8.64. The number of aliphatic hydroxyl groups is 1. The van der Waals surface area contributed by atoms with Crippen molar-refractivity contribution in [3.05, 3.63) is 77.4 Å². The second-order valence-electron chi connectivity index (χ2n) is 13.2. The van der Waals surface area contributed by atoms with Crippen LogP contribution >= 0.6 is 11.8 Å². The molecule has 0 aromatic heterocycles. The molecule has 0 amide bonds. The van der Waals surface area contributed by atoms with Crippen LogP contribution in [0.2, 0.25) is 0 Å². The van der Waals surface area contributed by atoms with Crippen molar-refractivity contribution in [1.29, 1.82) is 10.5 Å². The molecular formula is C36H33FN2O7S. The van der Waals surface area contributed by atoms with Crippen LogP contribution in [0, 0.1) is 45.3 Å². The largest absolute Gasteiger partial charge is 0.506 e. The van der Waals surface area contributed by atoms with Gasteiger partial charge in [-0.05, 0) is 93.5 Å². The molecule has 2 aromatic rings. The van der Waals surface area contributed by atoms with Gasteiger partial charge in [-0.15, -0.1) is 0 Å². The van der Waals surface area contributed by atoms with Gasteiger partial charge in [0.1, 0.15) is 23.3 Å². The highest BCUT2D eigenvalue weighted by Crippen LogP contribution is 2.70. The number of nitriles is 2. The van der Waals surface area contributed by atoms with Crippen molar-refractivity contribution in [1.82, 2.24) is 0 Å². The molecule has 4 aliphatic carbocycles. The molecule has 242 valence electrons. The lowest BCUT2D eigenvalue weighted by Crippen LogP contribution is -2.69. The van der Waals surface area contributed by atoms with Crippen LogP contribution < -0.4 is 4.74 Å². The SMILES string of the molecule is C[C@]12C=CC(=O)C=C1CCC1C3CC[C@](OC(=O)c4ccc(Oc5ccc(C#N)c(O)c5)cc4)(C(=O)SCC#N)[C@@]3(C)C[C@H](O)C12F. The summed E-state index contributed by atoms with van der Waals surface area (Å²) in [5.74, 6) is -1.91. The third kappa shape index (κ3) is 4.87. The smallest absolute Gasteiger partial charge is 0.339 e. The van der Waals surface area contributed by atoms with E-state index in [1.807, 2.05) is 12.1 Å². The van der Waals surface area contributed by atoms with E-state index >= 15 is 4.39 Å². The molecule has 0 radical (unpaired) electrons. The van der Waals surface area contributed by atoms with Crippen LogP contribution in [0.1, 0.15) is 61.9 Å². The number of hydrogen-bond donors (Lipinski definition) is 2. The first-order valence-electron chi connectivity index (χ1n) is 15.4. The van der Waals surface area contributed by atoms with Gasteiger partial charge >= 0.3 is 5.97 Å². The number of alkyl halides is 1. The summed E-state index contributed by atoms with van der Waals surface area (Å²) < 4.78 is 29.5. The number of halogens is 1. The van der Waals surface area contributed by atoms with Crippen molar-refractivity contribution in [2.24, 2.45) is 22.7 Å². The second kappa shape index (κ2) is 11.7. The molecule has 2 N–H and O–H groups in total. The zero-order chi connectivity index (χ0) is 33.8. The van der Waals surface area contributed by atoms with E-state index < -0.39 is 51.1 Å². The number of phenolic OH excluding ortho intramolecular Hbond substituents is 1. The second-order valence-corrected chi connectivity index (χ2v) is 14.1. The van der Waals surface area contributed by atoms with Crippen LogP contribution in [-0.2, 0) is 14.3 Å². The van der Waals surface area contributed by atoms with Crippen LogP contribution in [0.3, 0.4) is 0 Å². The van der Waals surface area contributed by atoms with Crippen molar-refractivity contribution >= 4 is 28.6 Å². The molecule has 3 fully saturated rings. The molecule has 47 heavy (non-hydrogen) atoms. The summed E-state index contributed by atoms with van der Waals surface area (Å²) in [5, 5.41) is 39.4. The number of hydrogen-bond acceptors (Lipinski definition) is 10. The number of phenols is 1. The van der Waals surface area contributed by atoms with E-state index in [1.54, 1.807) is 19.9 Å². The molecule has 3 saturated carbocycles. The molecule has 9 nitrogen and oxygen atoms in total. The number of aromatic hydroxyl groups is 1. The van der Waals surface area contributed by atoms with Crippen molar-refractivity contribution in [3.63, 3.8) is 0 Å². The summed E-state index contributed by atoms with van der Waals surface area (Å²) in [6.45, 7) is 3.50. The number of ketones is 1. The lowest BCUT2D eigenvalue weighted by Gasteiger charge is -2.62. The normalized spacial score (nSPS) is 33.7. The van der Waals surface area contributed by atoms with Gasteiger partial charge in [-0.2, -0.15) is 10.5 Å². The van der Waals surface area contributed by atoms with Crippen LogP contribution in [0.15, 0.2) is 66.3 Å². The number of thioether (sulfide) groups is 1. The number of ether oxygens (including phenoxy) is 2. The number of carbonyl (C=O) groups is 3. The Morgan fingerprint density at radius 3 is 2.49 bits per heavy atom. The summed E-state index contributed by atoms with van der Waals surface area (Å²) >= 11 is 0.748. The Bertz CT molecular complexity index is 1810. The van der Waals surface area contributed by atoms with E-state index in [0.717, 1.165) is 11.8 Å². The van der Waals surface area contributed by atoms with Crippen molar-refractivity contribution in [2.45, 2.75) is 63.3 Å². The maximum Gasteiger partial charge on any atom is 0.339 e. The van der Waals surface area contributed by atoms with E-state index in [-0.39, 0.29) is 47.0 Å². The molecule has 7 atom stereocenters. The third-order valence-corrected chi connectivity index (χ3v) is 11.9. The third-order valence-electron chi connectivity index (χ3n) is 11.0. The Balaban J connectivity index is 1.30. The molecule has 0 heterocycles. The first-order chi connectivity index (χ1) is 22.3. The number of rotatable bonds is 6. The average molecular weight is 657 g/mol. The zero-order valence-corrected chi connectivity index (χ0v) is 26.7. The lowest BCUT2D eigenvalue weighted by atomic mass is 9.45. The maximum atomic E-state index is 17.6. The molecule has 0 bridgehead atoms. The van der Waals surface area contributed by atoms with E-state index in [4.69, 9.17) is 14.7 Å². The molecule has 11 heteroatoms. The van der Waals surface area contributed by atoms with Gasteiger partial charge in [0.25, 0.3) is 0 Å². The number of allylic oxidation sites excluding steroid dienone is 4. The Kier molecular flexibility index (Phi) is 8.06. The predicted molar refractivity (Wildman–Crippen MR) is 169 cm³/mol. The minimum Gasteiger partial charge on any atom is -0.506 e. The number of esters is 1. The summed E-state index contributed by atoms with van der Waals surface area (Å²) in [6.07, 6.45) is 3.99. The molecule has 6 rings (SSSR count). The van der Waals surface area contributed by atoms with Crippen LogP contribution in [0.5, 0.6) is 17.2 Å². The Morgan fingerprint density at radius 2 is 1.81 bits per heavy atom. The van der Waals surface area contributed by atoms with Gasteiger partial charge in [0, 0.05) is 22.8 Å². The molecule has 0 saturated heterocycles. The number of aliphatic hydroxyl groups excluding tert-OH is 1. The number of benzene rings is 2. The summed E-state index contributed by atoms with van der Waals surface area (Å²) in [7, 11) is 0. The molecule has 2 aromatic carbocycles. The first kappa shape index (κ1) is 32.5. The quantitative estimate of drug-likeness (QED) is 0.348. The summed E-state index contributed by atoms with van der Waals surface area (Å²) in [4.78, 5) is 39.9. The van der Waals surface area contributed by atoms with Crippen molar-refractivity contribution < 1.29 is 38.5 Å². The van der Waals surface area contributed by atoms with Crippen LogP contribution in [0.25, 0.3) is 0 Å². The highest BCUT2D eigenvalue weighted by atomic mass is 32.2. The van der Waals surface area contributed by atoms with E-state index in [1.165, 1.54) is 54.6 Å². The van der Waals surface area contributed by atoms with E-state index in [0.29, 0.717) is 30.6 Å². The first-order valence-corrected chi connectivity index (χ1v) is 16.4. The number of carbonyl (C=O) groups excluding carboxylic acids is 3. The minimum absolute atomic E-state index is 0.0963. The predicted octanol–water partition coefficient (Wildman–Crippen LogP) is 6.11. The van der Waals surface area contributed by atoms with E-state index in [2.05, 4.69) is 0 Å². The van der Waals surface area contributed by atoms with Gasteiger partial charge in [0.2, 0.25) is 5.12 Å². The molecule has 4 aliphatic rings. The summed E-state index contributed by atoms with van der Waals surface area (Å²) in [6, 6.07) is 14.0. The van der Waals surface area contributed by atoms with Gasteiger partial charge < -0.3 is 19.7 Å². The maximum absolute atomic E-state index is 17.6. The Hall–Kier alpha value is -4.45. The molecule has 0 spiro atoms. The Labute approximate surface area is 275 Å². The zero-order valence-electron chi connectivity index (χ0n) is 25.9. The van der Waals surface area contributed by atoms with Gasteiger partial charge in [-0.1, -0.05) is 30.3 Å². The van der Waals surface area contributed by atoms with Crippen molar-refractivity contribution in [2.75, 3.05) is 5.75 Å². The monoisotopic (exact) mass is 656 g/mol. The lowest BCUT2D eigenvalue weighted by molar-refractivity contribution is -0.214. The molecular weight excluding hydrogens is 623 g/mol. The molecule has 3 unspecified atom stereocenters. The van der Waals surface area contributed by atoms with Crippen molar-refractivity contribution in [3.8, 4) is 29.4 Å². The highest BCUT2D eigenvalue weighted by molar-refractivity contribution is 8.14. The van der Waals surface area contributed by atoms with Crippen LogP contribution in [-0.4, -0.2) is 50.2 Å².